The lowest BCUT2D eigenvalue weighted by atomic mass is 10.2. The minimum absolute atomic E-state index is 0.107. The lowest BCUT2D eigenvalue weighted by Crippen LogP contribution is -2.40. The second kappa shape index (κ2) is 5.48. The second-order valence-electron chi connectivity index (χ2n) is 3.66. The van der Waals surface area contributed by atoms with E-state index in [9.17, 15) is 4.79 Å². The predicted molar refractivity (Wildman–Crippen MR) is 55.0 cm³/mol. The van der Waals surface area contributed by atoms with Gasteiger partial charge in [0.1, 0.15) is 5.88 Å². The van der Waals surface area contributed by atoms with E-state index in [0.29, 0.717) is 6.04 Å². The molecule has 76 valence electrons. The number of carbonyl (C=O) groups is 1. The van der Waals surface area contributed by atoms with Crippen LogP contribution in [0.3, 0.4) is 0 Å². The number of halogens is 1. The van der Waals surface area contributed by atoms with E-state index in [1.807, 2.05) is 4.90 Å². The molecule has 1 aliphatic carbocycles. The third-order valence-corrected chi connectivity index (χ3v) is 2.89. The zero-order chi connectivity index (χ0) is 9.68. The van der Waals surface area contributed by atoms with Gasteiger partial charge >= 0.3 is 0 Å². The third kappa shape index (κ3) is 2.87. The molecule has 1 rings (SSSR count). The first-order valence-corrected chi connectivity index (χ1v) is 5.68. The Morgan fingerprint density at radius 3 is 2.54 bits per heavy atom. The molecular weight excluding hydrogens is 186 g/mol. The van der Waals surface area contributed by atoms with Crippen molar-refractivity contribution in [3.63, 3.8) is 0 Å². The van der Waals surface area contributed by atoms with Crippen LogP contribution in [-0.2, 0) is 4.79 Å². The van der Waals surface area contributed by atoms with Crippen molar-refractivity contribution in [2.75, 3.05) is 12.4 Å². The van der Waals surface area contributed by atoms with Crippen molar-refractivity contribution in [3.8, 4) is 0 Å². The van der Waals surface area contributed by atoms with E-state index in [4.69, 9.17) is 11.6 Å². The molecule has 13 heavy (non-hydrogen) atoms. The molecule has 0 atom stereocenters. The molecule has 1 amide bonds. The molecule has 0 aliphatic heterocycles. The Bertz CT molecular complexity index is 166. The van der Waals surface area contributed by atoms with Crippen LogP contribution < -0.4 is 0 Å². The molecule has 0 unspecified atom stereocenters. The zero-order valence-corrected chi connectivity index (χ0v) is 9.02. The minimum Gasteiger partial charge on any atom is -0.339 e. The summed E-state index contributed by atoms with van der Waals surface area (Å²) < 4.78 is 0. The van der Waals surface area contributed by atoms with Gasteiger partial charge < -0.3 is 4.90 Å². The van der Waals surface area contributed by atoms with Gasteiger partial charge in [0.25, 0.3) is 0 Å². The Balaban J connectivity index is 2.49. The molecule has 1 saturated carbocycles. The van der Waals surface area contributed by atoms with Crippen molar-refractivity contribution in [3.05, 3.63) is 0 Å². The number of hydrogen-bond donors (Lipinski definition) is 0. The summed E-state index contributed by atoms with van der Waals surface area (Å²) in [7, 11) is 0. The summed E-state index contributed by atoms with van der Waals surface area (Å²) in [6.07, 6.45) is 5.89. The number of amides is 1. The van der Waals surface area contributed by atoms with Crippen molar-refractivity contribution in [2.24, 2.45) is 0 Å². The molecule has 0 aromatic carbocycles. The number of carbonyl (C=O) groups excluding carboxylic acids is 1. The van der Waals surface area contributed by atoms with Crippen molar-refractivity contribution < 1.29 is 4.79 Å². The van der Waals surface area contributed by atoms with Crippen LogP contribution in [0.5, 0.6) is 0 Å². The van der Waals surface area contributed by atoms with Gasteiger partial charge in [-0.25, -0.2) is 0 Å². The maximum atomic E-state index is 11.5. The van der Waals surface area contributed by atoms with E-state index in [0.717, 1.165) is 13.0 Å². The Morgan fingerprint density at radius 1 is 1.46 bits per heavy atom. The van der Waals surface area contributed by atoms with Crippen molar-refractivity contribution in [1.82, 2.24) is 4.90 Å². The predicted octanol–water partition coefficient (Wildman–Crippen LogP) is 2.41. The van der Waals surface area contributed by atoms with E-state index in [1.54, 1.807) is 0 Å². The summed E-state index contributed by atoms with van der Waals surface area (Å²) in [6, 6.07) is 0.478. The Labute approximate surface area is 85.2 Å². The van der Waals surface area contributed by atoms with Crippen LogP contribution in [0.15, 0.2) is 0 Å². The monoisotopic (exact) mass is 203 g/mol. The van der Waals surface area contributed by atoms with Crippen LogP contribution in [0.25, 0.3) is 0 Å². The molecular formula is C10H18ClNO. The summed E-state index contributed by atoms with van der Waals surface area (Å²) in [5.74, 6) is 0.242. The average molecular weight is 204 g/mol. The van der Waals surface area contributed by atoms with E-state index < -0.39 is 0 Å². The molecule has 0 bridgehead atoms. The fourth-order valence-electron chi connectivity index (χ4n) is 2.04. The van der Waals surface area contributed by atoms with E-state index in [-0.39, 0.29) is 11.8 Å². The largest absolute Gasteiger partial charge is 0.339 e. The molecule has 0 aromatic heterocycles. The molecule has 0 radical (unpaired) electrons. The smallest absolute Gasteiger partial charge is 0.237 e. The summed E-state index contributed by atoms with van der Waals surface area (Å²) in [6.45, 7) is 2.97. The normalized spacial score (nSPS) is 17.7. The molecule has 0 aromatic rings. The molecule has 3 heteroatoms. The van der Waals surface area contributed by atoms with Gasteiger partial charge in [-0.05, 0) is 19.3 Å². The van der Waals surface area contributed by atoms with Gasteiger partial charge in [0.15, 0.2) is 0 Å². The highest BCUT2D eigenvalue weighted by Gasteiger charge is 2.24. The van der Waals surface area contributed by atoms with Gasteiger partial charge in [0.05, 0.1) is 0 Å². The second-order valence-corrected chi connectivity index (χ2v) is 3.93. The van der Waals surface area contributed by atoms with Gasteiger partial charge in [-0.2, -0.15) is 0 Å². The zero-order valence-electron chi connectivity index (χ0n) is 8.26. The van der Waals surface area contributed by atoms with Gasteiger partial charge in [0, 0.05) is 12.6 Å². The van der Waals surface area contributed by atoms with Crippen LogP contribution in [0.4, 0.5) is 0 Å². The number of alkyl halides is 1. The van der Waals surface area contributed by atoms with Gasteiger partial charge in [-0.3, -0.25) is 4.79 Å². The van der Waals surface area contributed by atoms with Gasteiger partial charge in [-0.1, -0.05) is 19.8 Å². The first kappa shape index (κ1) is 10.8. The Kier molecular flexibility index (Phi) is 4.57. The molecule has 0 heterocycles. The summed E-state index contributed by atoms with van der Waals surface area (Å²) in [5.41, 5.74) is 0. The fraction of sp³-hybridized carbons (Fsp3) is 0.900. The number of nitrogens with zero attached hydrogens (tertiary/aromatic N) is 1. The molecule has 0 spiro atoms. The molecule has 2 nitrogen and oxygen atoms in total. The first-order chi connectivity index (χ1) is 6.29. The quantitative estimate of drug-likeness (QED) is 0.643. The Morgan fingerprint density at radius 2 is 2.08 bits per heavy atom. The van der Waals surface area contributed by atoms with Crippen LogP contribution in [-0.4, -0.2) is 29.3 Å². The minimum atomic E-state index is 0.107. The SMILES string of the molecule is CCCN(C(=O)CCl)C1CCCC1. The highest BCUT2D eigenvalue weighted by molar-refractivity contribution is 6.27. The standard InChI is InChI=1S/C10H18ClNO/c1-2-7-12(10(13)8-11)9-5-3-4-6-9/h9H,2-8H2,1H3. The summed E-state index contributed by atoms with van der Waals surface area (Å²) in [5, 5.41) is 0. The van der Waals surface area contributed by atoms with E-state index in [1.165, 1.54) is 25.7 Å². The van der Waals surface area contributed by atoms with Gasteiger partial charge in [-0.15, -0.1) is 11.6 Å². The molecule has 1 fully saturated rings. The maximum absolute atomic E-state index is 11.5. The highest BCUT2D eigenvalue weighted by atomic mass is 35.5. The summed E-state index contributed by atoms with van der Waals surface area (Å²) in [4.78, 5) is 13.5. The highest BCUT2D eigenvalue weighted by Crippen LogP contribution is 2.23. The van der Waals surface area contributed by atoms with Crippen LogP contribution in [0.1, 0.15) is 39.0 Å². The lowest BCUT2D eigenvalue weighted by molar-refractivity contribution is -0.130. The van der Waals surface area contributed by atoms with Crippen molar-refractivity contribution in [2.45, 2.75) is 45.1 Å². The van der Waals surface area contributed by atoms with Crippen LogP contribution >= 0.6 is 11.6 Å². The topological polar surface area (TPSA) is 20.3 Å². The van der Waals surface area contributed by atoms with E-state index >= 15 is 0 Å². The Hall–Kier alpha value is -0.240. The third-order valence-electron chi connectivity index (χ3n) is 2.66. The first-order valence-electron chi connectivity index (χ1n) is 5.15. The van der Waals surface area contributed by atoms with Crippen LogP contribution in [0, 0.1) is 0 Å². The molecule has 1 aliphatic rings. The van der Waals surface area contributed by atoms with Crippen molar-refractivity contribution >= 4 is 17.5 Å². The average Bonchev–Trinajstić information content (AvgIpc) is 2.65. The van der Waals surface area contributed by atoms with Crippen molar-refractivity contribution in [1.29, 1.82) is 0 Å². The molecule has 0 saturated heterocycles. The fourth-order valence-corrected chi connectivity index (χ4v) is 2.20. The lowest BCUT2D eigenvalue weighted by Gasteiger charge is -2.27. The van der Waals surface area contributed by atoms with Crippen LogP contribution in [0.2, 0.25) is 0 Å². The number of hydrogen-bond acceptors (Lipinski definition) is 1. The summed E-state index contributed by atoms with van der Waals surface area (Å²) >= 11 is 5.57. The number of rotatable bonds is 4. The molecule has 0 N–H and O–H groups in total. The van der Waals surface area contributed by atoms with Gasteiger partial charge in [0.2, 0.25) is 5.91 Å². The van der Waals surface area contributed by atoms with E-state index in [2.05, 4.69) is 6.92 Å². The maximum Gasteiger partial charge on any atom is 0.237 e.